The third-order valence-corrected chi connectivity index (χ3v) is 3.67. The van der Waals surface area contributed by atoms with E-state index in [1.165, 1.54) is 6.07 Å². The van der Waals surface area contributed by atoms with E-state index in [0.717, 1.165) is 27.7 Å². The Morgan fingerprint density at radius 2 is 1.86 bits per heavy atom. The minimum absolute atomic E-state index is 0.0500. The van der Waals surface area contributed by atoms with Gasteiger partial charge in [0.15, 0.2) is 0 Å². The van der Waals surface area contributed by atoms with E-state index < -0.39 is 0 Å². The molecule has 1 heterocycles. The number of rotatable bonds is 3. The molecular formula is C17H16FN3. The lowest BCUT2D eigenvalue weighted by molar-refractivity contribution is 0.621. The van der Waals surface area contributed by atoms with Gasteiger partial charge in [-0.15, -0.1) is 0 Å². The van der Waals surface area contributed by atoms with Crippen LogP contribution in [0.3, 0.4) is 0 Å². The van der Waals surface area contributed by atoms with Crippen molar-refractivity contribution in [3.05, 3.63) is 71.3 Å². The van der Waals surface area contributed by atoms with Gasteiger partial charge in [0.1, 0.15) is 5.82 Å². The number of aromatic nitrogens is 2. The van der Waals surface area contributed by atoms with E-state index in [1.54, 1.807) is 18.5 Å². The second-order valence-corrected chi connectivity index (χ2v) is 4.99. The summed E-state index contributed by atoms with van der Waals surface area (Å²) >= 11 is 0. The van der Waals surface area contributed by atoms with Crippen molar-refractivity contribution in [3.8, 4) is 0 Å². The van der Waals surface area contributed by atoms with Crippen LogP contribution in [0.4, 0.5) is 4.39 Å². The highest BCUT2D eigenvalue weighted by atomic mass is 19.1. The van der Waals surface area contributed by atoms with Crippen molar-refractivity contribution in [1.29, 1.82) is 0 Å². The Morgan fingerprint density at radius 3 is 2.62 bits per heavy atom. The number of hydrogen-bond acceptors (Lipinski definition) is 3. The van der Waals surface area contributed by atoms with E-state index in [4.69, 9.17) is 0 Å². The van der Waals surface area contributed by atoms with E-state index in [1.807, 2.05) is 38.2 Å². The molecule has 1 aromatic heterocycles. The normalized spacial score (nSPS) is 12.5. The molecule has 3 rings (SSSR count). The third-order valence-electron chi connectivity index (χ3n) is 3.67. The lowest BCUT2D eigenvalue weighted by atomic mass is 9.94. The summed E-state index contributed by atoms with van der Waals surface area (Å²) in [7, 11) is 1.89. The van der Waals surface area contributed by atoms with Gasteiger partial charge in [0.2, 0.25) is 0 Å². The van der Waals surface area contributed by atoms with E-state index in [9.17, 15) is 4.39 Å². The van der Waals surface area contributed by atoms with Gasteiger partial charge in [-0.05, 0) is 43.3 Å². The number of benzene rings is 2. The number of nitrogens with one attached hydrogen (secondary N) is 1. The summed E-state index contributed by atoms with van der Waals surface area (Å²) < 4.78 is 13.3. The Kier molecular flexibility index (Phi) is 3.62. The Hall–Kier alpha value is -2.33. The Morgan fingerprint density at radius 1 is 1.05 bits per heavy atom. The van der Waals surface area contributed by atoms with Crippen LogP contribution >= 0.6 is 0 Å². The molecule has 1 unspecified atom stereocenters. The molecule has 0 saturated heterocycles. The Bertz CT molecular complexity index is 781. The maximum absolute atomic E-state index is 13.3. The molecule has 3 nitrogen and oxygen atoms in total. The average Bonchev–Trinajstić information content (AvgIpc) is 2.50. The van der Waals surface area contributed by atoms with E-state index >= 15 is 0 Å². The smallest absolute Gasteiger partial charge is 0.123 e. The molecule has 21 heavy (non-hydrogen) atoms. The topological polar surface area (TPSA) is 37.8 Å². The highest BCUT2D eigenvalue weighted by molar-refractivity contribution is 5.78. The lowest BCUT2D eigenvalue weighted by Gasteiger charge is -2.20. The van der Waals surface area contributed by atoms with Gasteiger partial charge in [-0.3, -0.25) is 9.97 Å². The largest absolute Gasteiger partial charge is 0.309 e. The number of aryl methyl sites for hydroxylation is 1. The van der Waals surface area contributed by atoms with Crippen LogP contribution in [0.2, 0.25) is 0 Å². The fourth-order valence-electron chi connectivity index (χ4n) is 2.69. The van der Waals surface area contributed by atoms with Crippen LogP contribution in [-0.2, 0) is 0 Å². The zero-order valence-corrected chi connectivity index (χ0v) is 12.0. The van der Waals surface area contributed by atoms with Gasteiger partial charge in [-0.25, -0.2) is 4.39 Å². The fourth-order valence-corrected chi connectivity index (χ4v) is 2.69. The average molecular weight is 281 g/mol. The van der Waals surface area contributed by atoms with Crippen molar-refractivity contribution in [3.63, 3.8) is 0 Å². The number of para-hydroxylation sites is 1. The highest BCUT2D eigenvalue weighted by Gasteiger charge is 2.17. The Balaban J connectivity index is 2.18. The summed E-state index contributed by atoms with van der Waals surface area (Å²) in [5, 5.41) is 3.30. The predicted molar refractivity (Wildman–Crippen MR) is 81.6 cm³/mol. The number of hydrogen-bond donors (Lipinski definition) is 1. The third kappa shape index (κ3) is 2.50. The molecule has 1 atom stereocenters. The first-order valence-corrected chi connectivity index (χ1v) is 6.83. The zero-order chi connectivity index (χ0) is 14.8. The summed E-state index contributed by atoms with van der Waals surface area (Å²) in [6.07, 6.45) is 3.37. The molecule has 0 fully saturated rings. The zero-order valence-electron chi connectivity index (χ0n) is 12.0. The van der Waals surface area contributed by atoms with Gasteiger partial charge >= 0.3 is 0 Å². The monoisotopic (exact) mass is 281 g/mol. The fraction of sp³-hybridized carbons (Fsp3) is 0.176. The van der Waals surface area contributed by atoms with Gasteiger partial charge in [-0.1, -0.05) is 18.2 Å². The van der Waals surface area contributed by atoms with Crippen molar-refractivity contribution < 1.29 is 4.39 Å². The van der Waals surface area contributed by atoms with Gasteiger partial charge in [0.25, 0.3) is 0 Å². The molecule has 0 aliphatic carbocycles. The molecule has 0 spiro atoms. The van der Waals surface area contributed by atoms with Crippen LogP contribution in [0.25, 0.3) is 11.0 Å². The maximum Gasteiger partial charge on any atom is 0.123 e. The highest BCUT2D eigenvalue weighted by Crippen LogP contribution is 2.29. The van der Waals surface area contributed by atoms with Crippen LogP contribution in [0, 0.1) is 12.7 Å². The van der Waals surface area contributed by atoms with Crippen LogP contribution in [0.5, 0.6) is 0 Å². The molecule has 0 aliphatic rings. The van der Waals surface area contributed by atoms with Crippen LogP contribution < -0.4 is 5.32 Å². The molecule has 0 radical (unpaired) electrons. The van der Waals surface area contributed by atoms with Crippen molar-refractivity contribution in [2.45, 2.75) is 13.0 Å². The van der Waals surface area contributed by atoms with E-state index in [2.05, 4.69) is 15.3 Å². The SMILES string of the molecule is CNC(c1ccc(F)cc1C)c1cccc2nccnc12. The van der Waals surface area contributed by atoms with Gasteiger partial charge in [0, 0.05) is 18.0 Å². The van der Waals surface area contributed by atoms with Crippen LogP contribution in [0.15, 0.2) is 48.8 Å². The van der Waals surface area contributed by atoms with Crippen LogP contribution in [0.1, 0.15) is 22.7 Å². The van der Waals surface area contributed by atoms with Crippen LogP contribution in [-0.4, -0.2) is 17.0 Å². The van der Waals surface area contributed by atoms with E-state index in [-0.39, 0.29) is 11.9 Å². The predicted octanol–water partition coefficient (Wildman–Crippen LogP) is 3.39. The Labute approximate surface area is 122 Å². The number of fused-ring (bicyclic) bond motifs is 1. The summed E-state index contributed by atoms with van der Waals surface area (Å²) in [6, 6.07) is 10.7. The van der Waals surface area contributed by atoms with Crippen molar-refractivity contribution >= 4 is 11.0 Å². The molecule has 106 valence electrons. The summed E-state index contributed by atoms with van der Waals surface area (Å²) in [5.41, 5.74) is 4.71. The van der Waals surface area contributed by atoms with Crippen molar-refractivity contribution in [2.75, 3.05) is 7.05 Å². The van der Waals surface area contributed by atoms with Crippen molar-refractivity contribution in [1.82, 2.24) is 15.3 Å². The number of halogens is 1. The van der Waals surface area contributed by atoms with Gasteiger partial charge in [-0.2, -0.15) is 0 Å². The van der Waals surface area contributed by atoms with Crippen molar-refractivity contribution in [2.24, 2.45) is 0 Å². The summed E-state index contributed by atoms with van der Waals surface area (Å²) in [4.78, 5) is 8.78. The minimum Gasteiger partial charge on any atom is -0.309 e. The first kappa shape index (κ1) is 13.6. The maximum atomic E-state index is 13.3. The molecule has 3 aromatic rings. The molecule has 0 aliphatic heterocycles. The first-order chi connectivity index (χ1) is 10.2. The summed E-state index contributed by atoms with van der Waals surface area (Å²) in [6.45, 7) is 1.92. The van der Waals surface area contributed by atoms with E-state index in [0.29, 0.717) is 0 Å². The minimum atomic E-state index is -0.219. The molecule has 4 heteroatoms. The second kappa shape index (κ2) is 5.58. The quantitative estimate of drug-likeness (QED) is 0.799. The lowest BCUT2D eigenvalue weighted by Crippen LogP contribution is -2.19. The first-order valence-electron chi connectivity index (χ1n) is 6.83. The molecule has 0 saturated carbocycles. The summed E-state index contributed by atoms with van der Waals surface area (Å²) in [5.74, 6) is -0.219. The molecule has 0 amide bonds. The van der Waals surface area contributed by atoms with Gasteiger partial charge in [0.05, 0.1) is 17.1 Å². The molecule has 0 bridgehead atoms. The standard InChI is InChI=1S/C17H16FN3/c1-11-10-12(18)6-7-13(11)16(19-2)14-4-3-5-15-17(14)21-9-8-20-15/h3-10,16,19H,1-2H3. The number of nitrogens with zero attached hydrogens (tertiary/aromatic N) is 2. The second-order valence-electron chi connectivity index (χ2n) is 4.99. The van der Waals surface area contributed by atoms with Gasteiger partial charge < -0.3 is 5.32 Å². The molecule has 1 N–H and O–H groups in total. The molecular weight excluding hydrogens is 265 g/mol. The molecule has 2 aromatic carbocycles.